The Labute approximate surface area is 156 Å². The summed E-state index contributed by atoms with van der Waals surface area (Å²) >= 11 is 0. The fourth-order valence-corrected chi connectivity index (χ4v) is 3.08. The first-order valence-electron chi connectivity index (χ1n) is 8.74. The summed E-state index contributed by atoms with van der Waals surface area (Å²) in [4.78, 5) is 11.0. The van der Waals surface area contributed by atoms with Crippen molar-refractivity contribution in [3.05, 3.63) is 77.5 Å². The zero-order valence-electron chi connectivity index (χ0n) is 15.2. The molecular weight excluding hydrogens is 348 g/mol. The zero-order chi connectivity index (χ0) is 19.6. The molecule has 3 nitrogen and oxygen atoms in total. The van der Waals surface area contributed by atoms with Crippen molar-refractivity contribution < 1.29 is 18.7 Å². The second-order valence-electron chi connectivity index (χ2n) is 6.74. The van der Waals surface area contributed by atoms with E-state index in [1.54, 1.807) is 12.1 Å². The van der Waals surface area contributed by atoms with E-state index in [-0.39, 0.29) is 12.0 Å². The lowest BCUT2D eigenvalue weighted by molar-refractivity contribution is -0.136. The molecule has 0 aliphatic carbocycles. The number of carboxylic acid groups (broad SMARTS) is 1. The Kier molecular flexibility index (Phi) is 5.13. The summed E-state index contributed by atoms with van der Waals surface area (Å²) in [5.74, 6) is -3.84. The van der Waals surface area contributed by atoms with Gasteiger partial charge >= 0.3 is 5.97 Å². The van der Waals surface area contributed by atoms with Crippen molar-refractivity contribution in [2.45, 2.75) is 32.6 Å². The van der Waals surface area contributed by atoms with Gasteiger partial charge in [-0.2, -0.15) is 0 Å². The van der Waals surface area contributed by atoms with Gasteiger partial charge in [0.1, 0.15) is 0 Å². The van der Waals surface area contributed by atoms with Gasteiger partial charge in [0.25, 0.3) is 5.92 Å². The van der Waals surface area contributed by atoms with Crippen LogP contribution in [0.3, 0.4) is 0 Å². The molecule has 0 spiro atoms. The van der Waals surface area contributed by atoms with Crippen LogP contribution in [0.1, 0.15) is 30.2 Å². The highest BCUT2D eigenvalue weighted by molar-refractivity contribution is 5.68. The zero-order valence-corrected chi connectivity index (χ0v) is 15.2. The molecule has 1 N–H and O–H groups in total. The third-order valence-corrected chi connectivity index (χ3v) is 4.52. The van der Waals surface area contributed by atoms with Gasteiger partial charge in [-0.25, -0.2) is 8.78 Å². The third-order valence-electron chi connectivity index (χ3n) is 4.52. The maximum absolute atomic E-state index is 13.8. The number of nitrogens with zero attached hydrogens (tertiary/aromatic N) is 1. The highest BCUT2D eigenvalue weighted by atomic mass is 19.3. The lowest BCUT2D eigenvalue weighted by atomic mass is 10.1. The number of hydrogen-bond donors (Lipinski definition) is 1. The lowest BCUT2D eigenvalue weighted by Crippen LogP contribution is -2.09. The van der Waals surface area contributed by atoms with Crippen molar-refractivity contribution >= 4 is 5.97 Å². The summed E-state index contributed by atoms with van der Waals surface area (Å²) in [7, 11) is 0. The van der Waals surface area contributed by atoms with Gasteiger partial charge in [-0.15, -0.1) is 0 Å². The van der Waals surface area contributed by atoms with Crippen LogP contribution in [0.25, 0.3) is 16.9 Å². The first-order valence-corrected chi connectivity index (χ1v) is 8.74. The first-order chi connectivity index (χ1) is 12.8. The fourth-order valence-electron chi connectivity index (χ4n) is 3.08. The molecular formula is C22H21F2NO2. The van der Waals surface area contributed by atoms with Crippen molar-refractivity contribution in [2.75, 3.05) is 0 Å². The first kappa shape index (κ1) is 18.8. The molecule has 0 saturated carbocycles. The summed E-state index contributed by atoms with van der Waals surface area (Å²) in [6.45, 7) is 2.86. The second-order valence-corrected chi connectivity index (χ2v) is 6.74. The van der Waals surface area contributed by atoms with Gasteiger partial charge in [0.2, 0.25) is 0 Å². The van der Waals surface area contributed by atoms with E-state index < -0.39 is 11.9 Å². The average molecular weight is 369 g/mol. The van der Waals surface area contributed by atoms with Gasteiger partial charge in [-0.3, -0.25) is 4.79 Å². The van der Waals surface area contributed by atoms with Crippen molar-refractivity contribution in [2.24, 2.45) is 0 Å². The van der Waals surface area contributed by atoms with E-state index in [0.29, 0.717) is 12.1 Å². The Morgan fingerprint density at radius 3 is 2.41 bits per heavy atom. The van der Waals surface area contributed by atoms with Crippen LogP contribution in [0.5, 0.6) is 0 Å². The molecule has 1 aromatic heterocycles. The average Bonchev–Trinajstić information content (AvgIpc) is 3.04. The van der Waals surface area contributed by atoms with Crippen LogP contribution < -0.4 is 0 Å². The lowest BCUT2D eigenvalue weighted by Gasteiger charge is -2.17. The molecule has 5 heteroatoms. The quantitative estimate of drug-likeness (QED) is 0.616. The minimum Gasteiger partial charge on any atom is -0.481 e. The van der Waals surface area contributed by atoms with Crippen molar-refractivity contribution in [1.29, 1.82) is 0 Å². The number of aryl methyl sites for hydroxylation is 2. The Bertz CT molecular complexity index is 953. The van der Waals surface area contributed by atoms with Crippen molar-refractivity contribution in [1.82, 2.24) is 4.57 Å². The Balaban J connectivity index is 2.14. The molecule has 3 rings (SSSR count). The Hall–Kier alpha value is -2.95. The number of aromatic nitrogens is 1. The van der Waals surface area contributed by atoms with Crippen LogP contribution in [0.2, 0.25) is 0 Å². The van der Waals surface area contributed by atoms with E-state index in [0.717, 1.165) is 29.4 Å². The minimum atomic E-state index is -2.95. The summed E-state index contributed by atoms with van der Waals surface area (Å²) in [6.07, 6.45) is 0.287. The normalized spacial score (nSPS) is 11.6. The molecule has 140 valence electrons. The number of hydrogen-bond acceptors (Lipinski definition) is 1. The molecule has 0 atom stereocenters. The molecule has 0 aliphatic rings. The summed E-state index contributed by atoms with van der Waals surface area (Å²) < 4.78 is 29.5. The molecule has 0 amide bonds. The van der Waals surface area contributed by atoms with E-state index in [1.165, 1.54) is 12.1 Å². The molecule has 3 aromatic rings. The molecule has 27 heavy (non-hydrogen) atoms. The summed E-state index contributed by atoms with van der Waals surface area (Å²) in [5.41, 5.74) is 4.19. The van der Waals surface area contributed by atoms with Gasteiger partial charge < -0.3 is 9.67 Å². The number of benzene rings is 2. The number of halogens is 2. The van der Waals surface area contributed by atoms with Crippen molar-refractivity contribution in [3.63, 3.8) is 0 Å². The fraction of sp³-hybridized carbons (Fsp3) is 0.227. The van der Waals surface area contributed by atoms with Crippen LogP contribution in [-0.2, 0) is 17.1 Å². The van der Waals surface area contributed by atoms with Gasteiger partial charge in [-0.05, 0) is 43.2 Å². The number of alkyl halides is 2. The number of carboxylic acids is 1. The largest absolute Gasteiger partial charge is 0.481 e. The minimum absolute atomic E-state index is 0.0268. The molecule has 0 fully saturated rings. The third kappa shape index (κ3) is 4.25. The van der Waals surface area contributed by atoms with Crippen molar-refractivity contribution in [3.8, 4) is 16.9 Å². The summed E-state index contributed by atoms with van der Waals surface area (Å²) in [5, 5.41) is 9.03. The molecule has 0 bridgehead atoms. The smallest absolute Gasteiger partial charge is 0.303 e. The number of carbonyl (C=O) groups is 1. The molecule has 0 radical (unpaired) electrons. The van der Waals surface area contributed by atoms with Crippen LogP contribution >= 0.6 is 0 Å². The molecule has 0 unspecified atom stereocenters. The molecule has 0 saturated heterocycles. The molecule has 2 aromatic carbocycles. The van der Waals surface area contributed by atoms with E-state index in [2.05, 4.69) is 0 Å². The maximum Gasteiger partial charge on any atom is 0.303 e. The monoisotopic (exact) mass is 369 g/mol. The number of rotatable bonds is 6. The van der Waals surface area contributed by atoms with Gasteiger partial charge in [0.05, 0.1) is 12.1 Å². The van der Waals surface area contributed by atoms with E-state index in [9.17, 15) is 13.6 Å². The van der Waals surface area contributed by atoms with Gasteiger partial charge in [0, 0.05) is 23.9 Å². The van der Waals surface area contributed by atoms with Crippen LogP contribution in [0.4, 0.5) is 8.78 Å². The number of aliphatic carboxylic acids is 1. The Morgan fingerprint density at radius 1 is 1.07 bits per heavy atom. The SMILES string of the molecule is Cc1ccc(-c2ccc(CCC(=O)O)n2-c2cccc(C(C)(F)F)c2)cc1. The van der Waals surface area contributed by atoms with E-state index >= 15 is 0 Å². The van der Waals surface area contributed by atoms with Crippen LogP contribution in [0, 0.1) is 6.92 Å². The van der Waals surface area contributed by atoms with Crippen LogP contribution in [-0.4, -0.2) is 15.6 Å². The molecule has 1 heterocycles. The Morgan fingerprint density at radius 2 is 1.78 bits per heavy atom. The predicted octanol–water partition coefficient (Wildman–Crippen LogP) is 5.58. The highest BCUT2D eigenvalue weighted by Crippen LogP contribution is 2.32. The summed E-state index contributed by atoms with van der Waals surface area (Å²) in [6, 6.07) is 17.9. The standard InChI is InChI=1S/C22H21F2NO2/c1-15-6-8-16(9-7-15)20-12-10-18(11-13-21(26)27)25(20)19-5-3-4-17(14-19)22(2,23)24/h3-10,12,14H,11,13H2,1-2H3,(H,26,27). The van der Waals surface area contributed by atoms with Crippen LogP contribution in [0.15, 0.2) is 60.7 Å². The molecule has 0 aliphatic heterocycles. The maximum atomic E-state index is 13.8. The predicted molar refractivity (Wildman–Crippen MR) is 101 cm³/mol. The highest BCUT2D eigenvalue weighted by Gasteiger charge is 2.25. The van der Waals surface area contributed by atoms with Gasteiger partial charge in [0.15, 0.2) is 0 Å². The topological polar surface area (TPSA) is 42.2 Å². The van der Waals surface area contributed by atoms with E-state index in [4.69, 9.17) is 5.11 Å². The van der Waals surface area contributed by atoms with E-state index in [1.807, 2.05) is 47.9 Å². The van der Waals surface area contributed by atoms with Gasteiger partial charge in [-0.1, -0.05) is 42.0 Å². The second kappa shape index (κ2) is 7.35.